The summed E-state index contributed by atoms with van der Waals surface area (Å²) in [7, 11) is 0. The van der Waals surface area contributed by atoms with Crippen LogP contribution in [0.3, 0.4) is 0 Å². The van der Waals surface area contributed by atoms with Gasteiger partial charge in [-0.25, -0.2) is 0 Å². The molecule has 0 spiro atoms. The quantitative estimate of drug-likeness (QED) is 0.102. The van der Waals surface area contributed by atoms with Gasteiger partial charge in [0.25, 0.3) is 0 Å². The Labute approximate surface area is 382 Å². The van der Waals surface area contributed by atoms with Gasteiger partial charge in [-0.1, -0.05) is 102 Å². The second kappa shape index (κ2) is 16.9. The molecule has 10 aromatic rings. The number of nitrogens with zero attached hydrogens (tertiary/aromatic N) is 6. The van der Waals surface area contributed by atoms with Crippen molar-refractivity contribution in [2.24, 2.45) is 0 Å². The minimum atomic E-state index is -0.0596. The van der Waals surface area contributed by atoms with E-state index < -0.39 is 0 Å². The van der Waals surface area contributed by atoms with Gasteiger partial charge >= 0.3 is 0 Å². The number of hydrogen-bond donors (Lipinski definition) is 0. The standard InChI is InChI=1S/C59H56N6/c1-5-7-9-11-25-59(26-12-10-8-6-2)53-33-41(45-19-15-43(31-39(45)3)64-55-21-27-60-35-49(55)50-36-61-28-22-56(50)64)13-17-47(53)48-18-14-42(34-54(48)59)46-20-16-44(32-40(46)4)65-57-23-29-62-37-51(57)52-38-63-30-24-58(52)65/h13-24,27-38H,5-12,25-26H2,1-4H3. The van der Waals surface area contributed by atoms with E-state index in [1.165, 1.54) is 107 Å². The molecule has 0 saturated heterocycles. The van der Waals surface area contributed by atoms with Gasteiger partial charge in [0.15, 0.2) is 0 Å². The molecule has 11 rings (SSSR count). The van der Waals surface area contributed by atoms with Gasteiger partial charge < -0.3 is 9.13 Å². The van der Waals surface area contributed by atoms with Crippen LogP contribution in [0.4, 0.5) is 0 Å². The first-order chi connectivity index (χ1) is 32.0. The predicted octanol–water partition coefficient (Wildman–Crippen LogP) is 15.6. The molecule has 0 bridgehead atoms. The van der Waals surface area contributed by atoms with Gasteiger partial charge in [0, 0.05) is 87.9 Å². The highest BCUT2D eigenvalue weighted by Gasteiger charge is 2.42. The molecule has 0 atom stereocenters. The predicted molar refractivity (Wildman–Crippen MR) is 270 cm³/mol. The molecular formula is C59H56N6. The normalized spacial score (nSPS) is 13.0. The van der Waals surface area contributed by atoms with E-state index in [1.54, 1.807) is 0 Å². The Bertz CT molecular complexity index is 3070. The summed E-state index contributed by atoms with van der Waals surface area (Å²) in [4.78, 5) is 17.8. The molecule has 0 aliphatic heterocycles. The van der Waals surface area contributed by atoms with E-state index in [2.05, 4.69) is 154 Å². The maximum absolute atomic E-state index is 4.46. The van der Waals surface area contributed by atoms with Crippen LogP contribution in [0.1, 0.15) is 100 Å². The third kappa shape index (κ3) is 6.84. The van der Waals surface area contributed by atoms with Crippen molar-refractivity contribution in [1.82, 2.24) is 29.1 Å². The lowest BCUT2D eigenvalue weighted by molar-refractivity contribution is 0.401. The van der Waals surface area contributed by atoms with E-state index in [9.17, 15) is 0 Å². The zero-order valence-corrected chi connectivity index (χ0v) is 38.1. The summed E-state index contributed by atoms with van der Waals surface area (Å²) in [5.74, 6) is 0. The van der Waals surface area contributed by atoms with Crippen molar-refractivity contribution in [3.05, 3.63) is 169 Å². The van der Waals surface area contributed by atoms with E-state index >= 15 is 0 Å². The Kier molecular flexibility index (Phi) is 10.6. The highest BCUT2D eigenvalue weighted by molar-refractivity contribution is 6.09. The number of benzene rings is 4. The van der Waals surface area contributed by atoms with Gasteiger partial charge in [0.2, 0.25) is 0 Å². The highest BCUT2D eigenvalue weighted by atomic mass is 15.0. The molecule has 4 aromatic carbocycles. The van der Waals surface area contributed by atoms with Gasteiger partial charge in [-0.3, -0.25) is 19.9 Å². The van der Waals surface area contributed by atoms with Crippen LogP contribution < -0.4 is 0 Å². The van der Waals surface area contributed by atoms with Gasteiger partial charge in [-0.2, -0.15) is 0 Å². The van der Waals surface area contributed by atoms with Crippen LogP contribution in [-0.4, -0.2) is 29.1 Å². The molecule has 0 N–H and O–H groups in total. The van der Waals surface area contributed by atoms with Crippen LogP contribution in [0, 0.1) is 13.8 Å². The molecule has 0 unspecified atom stereocenters. The summed E-state index contributed by atoms with van der Waals surface area (Å²) in [6.07, 6.45) is 27.7. The zero-order valence-electron chi connectivity index (χ0n) is 38.1. The van der Waals surface area contributed by atoms with E-state index in [1.807, 2.05) is 49.6 Å². The maximum atomic E-state index is 4.46. The number of fused-ring (bicyclic) bond motifs is 9. The topological polar surface area (TPSA) is 61.4 Å². The number of unbranched alkanes of at least 4 members (excludes halogenated alkanes) is 6. The summed E-state index contributed by atoms with van der Waals surface area (Å²) < 4.78 is 4.71. The summed E-state index contributed by atoms with van der Waals surface area (Å²) in [5, 5.41) is 4.48. The van der Waals surface area contributed by atoms with Crippen molar-refractivity contribution in [3.63, 3.8) is 0 Å². The average molecular weight is 849 g/mol. The fourth-order valence-electron chi connectivity index (χ4n) is 11.4. The zero-order chi connectivity index (χ0) is 44.1. The molecule has 6 aromatic heterocycles. The fourth-order valence-corrected chi connectivity index (χ4v) is 11.4. The summed E-state index contributed by atoms with van der Waals surface area (Å²) >= 11 is 0. The number of pyridine rings is 4. The molecule has 0 saturated carbocycles. The first kappa shape index (κ1) is 40.8. The van der Waals surface area contributed by atoms with Crippen molar-refractivity contribution < 1.29 is 0 Å². The number of aromatic nitrogens is 6. The minimum Gasteiger partial charge on any atom is -0.309 e. The van der Waals surface area contributed by atoms with Crippen LogP contribution in [0.2, 0.25) is 0 Å². The molecular weight excluding hydrogens is 793 g/mol. The third-order valence-corrected chi connectivity index (χ3v) is 14.6. The maximum Gasteiger partial charge on any atom is 0.0572 e. The van der Waals surface area contributed by atoms with Gasteiger partial charge in [0.1, 0.15) is 0 Å². The monoisotopic (exact) mass is 848 g/mol. The smallest absolute Gasteiger partial charge is 0.0572 e. The van der Waals surface area contributed by atoms with Crippen LogP contribution >= 0.6 is 0 Å². The van der Waals surface area contributed by atoms with Gasteiger partial charge in [0.05, 0.1) is 22.1 Å². The van der Waals surface area contributed by atoms with Crippen LogP contribution in [0.15, 0.2) is 147 Å². The first-order valence-corrected chi connectivity index (χ1v) is 23.9. The van der Waals surface area contributed by atoms with E-state index in [4.69, 9.17) is 0 Å². The lowest BCUT2D eigenvalue weighted by Crippen LogP contribution is -2.25. The Hall–Kier alpha value is -6.92. The van der Waals surface area contributed by atoms with Crippen molar-refractivity contribution in [1.29, 1.82) is 0 Å². The molecule has 6 heterocycles. The van der Waals surface area contributed by atoms with Crippen LogP contribution in [0.5, 0.6) is 0 Å². The molecule has 0 fully saturated rings. The molecule has 0 amide bonds. The Morgan fingerprint density at radius 1 is 0.400 bits per heavy atom. The van der Waals surface area contributed by atoms with E-state index in [-0.39, 0.29) is 5.41 Å². The Morgan fingerprint density at radius 2 is 0.769 bits per heavy atom. The molecule has 322 valence electrons. The highest BCUT2D eigenvalue weighted by Crippen LogP contribution is 2.56. The average Bonchev–Trinajstić information content (AvgIpc) is 3.95. The fraction of sp³-hybridized carbons (Fsp3) is 0.254. The second-order valence-corrected chi connectivity index (χ2v) is 18.5. The third-order valence-electron chi connectivity index (χ3n) is 14.6. The van der Waals surface area contributed by atoms with Crippen LogP contribution in [0.25, 0.3) is 88.4 Å². The molecule has 65 heavy (non-hydrogen) atoms. The van der Waals surface area contributed by atoms with E-state index in [0.29, 0.717) is 0 Å². The molecule has 1 aliphatic carbocycles. The van der Waals surface area contributed by atoms with Crippen molar-refractivity contribution in [3.8, 4) is 44.8 Å². The Balaban J connectivity index is 1.01. The van der Waals surface area contributed by atoms with Crippen molar-refractivity contribution in [2.75, 3.05) is 0 Å². The van der Waals surface area contributed by atoms with Crippen molar-refractivity contribution >= 4 is 43.6 Å². The lowest BCUT2D eigenvalue weighted by atomic mass is 9.70. The number of rotatable bonds is 14. The van der Waals surface area contributed by atoms with E-state index in [0.717, 1.165) is 67.8 Å². The molecule has 6 heteroatoms. The van der Waals surface area contributed by atoms with Gasteiger partial charge in [-0.15, -0.1) is 0 Å². The number of hydrogen-bond acceptors (Lipinski definition) is 4. The van der Waals surface area contributed by atoms with Crippen molar-refractivity contribution in [2.45, 2.75) is 97.3 Å². The first-order valence-electron chi connectivity index (χ1n) is 23.9. The number of aryl methyl sites for hydroxylation is 2. The molecule has 0 radical (unpaired) electrons. The Morgan fingerprint density at radius 3 is 1.12 bits per heavy atom. The minimum absolute atomic E-state index is 0.0596. The summed E-state index contributed by atoms with van der Waals surface area (Å²) in [6, 6.07) is 37.3. The van der Waals surface area contributed by atoms with Crippen LogP contribution in [-0.2, 0) is 5.41 Å². The SMILES string of the molecule is CCCCCCC1(CCCCCC)c2cc(-c3ccc(-n4c5ccncc5c5cnccc54)cc3C)ccc2-c2ccc(-c3ccc(-n4c5ccncc5c5cnccc54)cc3C)cc21. The molecule has 6 nitrogen and oxygen atoms in total. The summed E-state index contributed by atoms with van der Waals surface area (Å²) in [5.41, 5.74) is 20.4. The lowest BCUT2D eigenvalue weighted by Gasteiger charge is -2.33. The largest absolute Gasteiger partial charge is 0.309 e. The summed E-state index contributed by atoms with van der Waals surface area (Å²) in [6.45, 7) is 9.20. The second-order valence-electron chi connectivity index (χ2n) is 18.5. The van der Waals surface area contributed by atoms with Gasteiger partial charge in [-0.05, 0) is 143 Å². The molecule has 1 aliphatic rings.